The lowest BCUT2D eigenvalue weighted by Crippen LogP contribution is -2.26. The topological polar surface area (TPSA) is 98.8 Å². The van der Waals surface area contributed by atoms with Crippen LogP contribution < -0.4 is 10.1 Å². The van der Waals surface area contributed by atoms with Gasteiger partial charge in [0.05, 0.1) is 16.8 Å². The van der Waals surface area contributed by atoms with Crippen molar-refractivity contribution < 1.29 is 37.4 Å². The van der Waals surface area contributed by atoms with Gasteiger partial charge in [-0.15, -0.1) is 0 Å². The minimum Gasteiger partial charge on any atom is -0.452 e. The normalized spacial score (nSPS) is 12.1. The summed E-state index contributed by atoms with van der Waals surface area (Å²) in [5, 5.41) is 2.48. The zero-order valence-electron chi connectivity index (χ0n) is 16.8. The number of rotatable bonds is 6. The van der Waals surface area contributed by atoms with E-state index in [-0.39, 0.29) is 45.0 Å². The lowest BCUT2D eigenvalue weighted by molar-refractivity contribution is -0.119. The number of anilines is 1. The molecule has 0 fully saturated rings. The third kappa shape index (κ3) is 4.47. The summed E-state index contributed by atoms with van der Waals surface area (Å²) in [5.74, 6) is -2.67. The van der Waals surface area contributed by atoms with Crippen molar-refractivity contribution in [3.05, 3.63) is 94.5 Å². The highest BCUT2D eigenvalue weighted by atomic mass is 19.3. The average Bonchev–Trinajstić information content (AvgIpc) is 2.80. The van der Waals surface area contributed by atoms with Gasteiger partial charge in [-0.1, -0.05) is 42.5 Å². The van der Waals surface area contributed by atoms with Gasteiger partial charge in [0.2, 0.25) is 0 Å². The van der Waals surface area contributed by atoms with E-state index in [0.29, 0.717) is 0 Å². The SMILES string of the molecule is O=C(COC(=O)c1cccc(OC(F)F)c1)Nc1cccc2c1C(=O)c1ccccc1C2=O. The molecule has 0 unspecified atom stereocenters. The molecule has 0 saturated carbocycles. The number of hydrogen-bond acceptors (Lipinski definition) is 6. The summed E-state index contributed by atoms with van der Waals surface area (Å²) in [6.07, 6.45) is 0. The number of fused-ring (bicyclic) bond motifs is 2. The van der Waals surface area contributed by atoms with Gasteiger partial charge in [0, 0.05) is 16.7 Å². The number of amides is 1. The van der Waals surface area contributed by atoms with Gasteiger partial charge in [0.25, 0.3) is 5.91 Å². The second-order valence-corrected chi connectivity index (χ2v) is 6.96. The first kappa shape index (κ1) is 21.8. The van der Waals surface area contributed by atoms with Gasteiger partial charge in [-0.25, -0.2) is 4.79 Å². The monoisotopic (exact) mass is 451 g/mol. The van der Waals surface area contributed by atoms with Crippen LogP contribution in [-0.2, 0) is 9.53 Å². The number of nitrogens with one attached hydrogen (secondary N) is 1. The van der Waals surface area contributed by atoms with Crippen molar-refractivity contribution in [1.82, 2.24) is 0 Å². The van der Waals surface area contributed by atoms with Crippen molar-refractivity contribution >= 4 is 29.1 Å². The molecule has 1 amide bonds. The minimum absolute atomic E-state index is 0.0534. The van der Waals surface area contributed by atoms with Crippen LogP contribution in [0, 0.1) is 0 Å². The summed E-state index contributed by atoms with van der Waals surface area (Å²) in [6.45, 7) is -3.76. The first-order valence-electron chi connectivity index (χ1n) is 9.68. The molecule has 3 aromatic rings. The van der Waals surface area contributed by atoms with Gasteiger partial charge in [-0.3, -0.25) is 14.4 Å². The third-order valence-electron chi connectivity index (χ3n) is 4.86. The van der Waals surface area contributed by atoms with E-state index in [1.165, 1.54) is 42.5 Å². The van der Waals surface area contributed by atoms with Gasteiger partial charge in [-0.05, 0) is 24.3 Å². The predicted octanol–water partition coefficient (Wildman–Crippen LogP) is 3.86. The fourth-order valence-corrected chi connectivity index (χ4v) is 3.45. The molecule has 0 aromatic heterocycles. The van der Waals surface area contributed by atoms with Crippen LogP contribution in [0.3, 0.4) is 0 Å². The van der Waals surface area contributed by atoms with Gasteiger partial charge in [-0.2, -0.15) is 8.78 Å². The smallest absolute Gasteiger partial charge is 0.387 e. The Morgan fingerprint density at radius 2 is 1.52 bits per heavy atom. The van der Waals surface area contributed by atoms with Crippen LogP contribution in [0.4, 0.5) is 14.5 Å². The zero-order valence-corrected chi connectivity index (χ0v) is 16.8. The number of carbonyl (C=O) groups is 4. The van der Waals surface area contributed by atoms with Crippen molar-refractivity contribution in [3.63, 3.8) is 0 Å². The Morgan fingerprint density at radius 1 is 0.848 bits per heavy atom. The highest BCUT2D eigenvalue weighted by Crippen LogP contribution is 2.31. The molecular formula is C24H15F2NO6. The van der Waals surface area contributed by atoms with E-state index in [0.717, 1.165) is 6.07 Å². The number of ketones is 2. The van der Waals surface area contributed by atoms with Crippen molar-refractivity contribution in [2.45, 2.75) is 6.61 Å². The molecular weight excluding hydrogens is 436 g/mol. The lowest BCUT2D eigenvalue weighted by Gasteiger charge is -2.20. The van der Waals surface area contributed by atoms with E-state index in [9.17, 15) is 28.0 Å². The fourth-order valence-electron chi connectivity index (χ4n) is 3.45. The number of esters is 1. The largest absolute Gasteiger partial charge is 0.452 e. The van der Waals surface area contributed by atoms with Crippen LogP contribution in [0.25, 0.3) is 0 Å². The summed E-state index contributed by atoms with van der Waals surface area (Å²) in [6, 6.07) is 15.8. The van der Waals surface area contributed by atoms with Gasteiger partial charge in [0.1, 0.15) is 5.75 Å². The maximum atomic E-state index is 13.0. The number of ether oxygens (including phenoxy) is 2. The molecule has 166 valence electrons. The summed E-state index contributed by atoms with van der Waals surface area (Å²) in [4.78, 5) is 50.3. The molecule has 0 aliphatic heterocycles. The van der Waals surface area contributed by atoms with Crippen LogP contribution in [0.2, 0.25) is 0 Å². The second-order valence-electron chi connectivity index (χ2n) is 6.96. The quantitative estimate of drug-likeness (QED) is 0.447. The molecule has 33 heavy (non-hydrogen) atoms. The Labute approximate surface area is 185 Å². The highest BCUT2D eigenvalue weighted by Gasteiger charge is 2.31. The van der Waals surface area contributed by atoms with Crippen LogP contribution in [-0.4, -0.2) is 36.7 Å². The number of alkyl halides is 2. The number of hydrogen-bond donors (Lipinski definition) is 1. The van der Waals surface area contributed by atoms with E-state index >= 15 is 0 Å². The van der Waals surface area contributed by atoms with Crippen molar-refractivity contribution in [1.29, 1.82) is 0 Å². The van der Waals surface area contributed by atoms with E-state index in [1.54, 1.807) is 18.2 Å². The Hall–Kier alpha value is -4.40. The molecule has 0 radical (unpaired) electrons. The van der Waals surface area contributed by atoms with Gasteiger partial charge >= 0.3 is 12.6 Å². The van der Waals surface area contributed by atoms with E-state index in [1.807, 2.05) is 0 Å². The fraction of sp³-hybridized carbons (Fsp3) is 0.0833. The molecule has 0 bridgehead atoms. The molecule has 4 rings (SSSR count). The van der Waals surface area contributed by atoms with Crippen LogP contribution in [0.1, 0.15) is 42.2 Å². The molecule has 0 saturated heterocycles. The Balaban J connectivity index is 1.47. The Morgan fingerprint density at radius 3 is 2.24 bits per heavy atom. The Bertz CT molecular complexity index is 1290. The van der Waals surface area contributed by atoms with Crippen molar-refractivity contribution in [2.75, 3.05) is 11.9 Å². The molecule has 0 spiro atoms. The van der Waals surface area contributed by atoms with Crippen LogP contribution in [0.15, 0.2) is 66.7 Å². The van der Waals surface area contributed by atoms with Crippen LogP contribution in [0.5, 0.6) is 5.75 Å². The Kier molecular flexibility index (Phi) is 5.95. The standard InChI is InChI=1S/C24H15F2NO6/c25-24(26)33-14-6-3-5-13(11-14)23(31)32-12-19(28)27-18-10-4-9-17-20(18)22(30)16-8-2-1-7-15(16)21(17)29/h1-11,24H,12H2,(H,27,28). The molecule has 0 atom stereocenters. The predicted molar refractivity (Wildman–Crippen MR) is 112 cm³/mol. The molecule has 9 heteroatoms. The van der Waals surface area contributed by atoms with E-state index < -0.39 is 30.9 Å². The van der Waals surface area contributed by atoms with Crippen molar-refractivity contribution in [3.8, 4) is 5.75 Å². The summed E-state index contributed by atoms with van der Waals surface area (Å²) >= 11 is 0. The highest BCUT2D eigenvalue weighted by molar-refractivity contribution is 6.30. The maximum Gasteiger partial charge on any atom is 0.387 e. The summed E-state index contributed by atoms with van der Waals surface area (Å²) < 4.78 is 33.8. The number of benzene rings is 3. The van der Waals surface area contributed by atoms with Gasteiger partial charge in [0.15, 0.2) is 18.2 Å². The minimum atomic E-state index is -3.06. The molecule has 7 nitrogen and oxygen atoms in total. The lowest BCUT2D eigenvalue weighted by atomic mass is 9.83. The third-order valence-corrected chi connectivity index (χ3v) is 4.86. The van der Waals surface area contributed by atoms with Crippen LogP contribution >= 0.6 is 0 Å². The summed E-state index contributed by atoms with van der Waals surface area (Å²) in [5.41, 5.74) is 0.741. The number of halogens is 2. The van der Waals surface area contributed by atoms with E-state index in [4.69, 9.17) is 4.74 Å². The first-order valence-corrected chi connectivity index (χ1v) is 9.68. The second kappa shape index (κ2) is 8.99. The summed E-state index contributed by atoms with van der Waals surface area (Å²) in [7, 11) is 0. The van der Waals surface area contributed by atoms with E-state index in [2.05, 4.69) is 10.1 Å². The molecule has 1 aliphatic rings. The zero-order chi connectivity index (χ0) is 23.5. The van der Waals surface area contributed by atoms with Gasteiger partial charge < -0.3 is 14.8 Å². The molecule has 1 N–H and O–H groups in total. The molecule has 0 heterocycles. The average molecular weight is 451 g/mol. The number of carbonyl (C=O) groups excluding carboxylic acids is 4. The molecule has 3 aromatic carbocycles. The maximum absolute atomic E-state index is 13.0. The molecule has 1 aliphatic carbocycles. The first-order chi connectivity index (χ1) is 15.8. The van der Waals surface area contributed by atoms with Crippen molar-refractivity contribution in [2.24, 2.45) is 0 Å².